The molecule has 0 aliphatic carbocycles. The summed E-state index contributed by atoms with van der Waals surface area (Å²) in [6, 6.07) is 0. The second-order valence-corrected chi connectivity index (χ2v) is 4.86. The number of hydrogen-bond acceptors (Lipinski definition) is 4. The van der Waals surface area contributed by atoms with Gasteiger partial charge < -0.3 is 20.1 Å². The Bertz CT molecular complexity index is 180. The maximum absolute atomic E-state index is 9.84. The van der Waals surface area contributed by atoms with E-state index in [9.17, 15) is 5.11 Å². The SMILES string of the molecule is CCN(CC)CC(O)CNCCC1CCOC1. The van der Waals surface area contributed by atoms with Crippen molar-refractivity contribution in [2.24, 2.45) is 5.92 Å². The van der Waals surface area contributed by atoms with E-state index in [1.807, 2.05) is 0 Å². The van der Waals surface area contributed by atoms with Crippen LogP contribution in [-0.4, -0.2) is 62.0 Å². The van der Waals surface area contributed by atoms with E-state index < -0.39 is 0 Å². The zero-order valence-electron chi connectivity index (χ0n) is 11.3. The molecule has 102 valence electrons. The van der Waals surface area contributed by atoms with Crippen molar-refractivity contribution in [1.82, 2.24) is 10.2 Å². The number of likely N-dealkylation sites (N-methyl/N-ethyl adjacent to an activating group) is 1. The summed E-state index contributed by atoms with van der Waals surface area (Å²) in [4.78, 5) is 2.25. The Hall–Kier alpha value is -0.160. The van der Waals surface area contributed by atoms with Crippen LogP contribution in [0.3, 0.4) is 0 Å². The molecule has 2 N–H and O–H groups in total. The van der Waals surface area contributed by atoms with Gasteiger partial charge in [-0.2, -0.15) is 0 Å². The van der Waals surface area contributed by atoms with Crippen molar-refractivity contribution in [3.8, 4) is 0 Å². The average Bonchev–Trinajstić information content (AvgIpc) is 2.84. The molecule has 1 aliphatic heterocycles. The van der Waals surface area contributed by atoms with Crippen molar-refractivity contribution in [2.75, 3.05) is 45.9 Å². The summed E-state index contributed by atoms with van der Waals surface area (Å²) < 4.78 is 5.33. The molecule has 0 saturated carbocycles. The van der Waals surface area contributed by atoms with E-state index in [2.05, 4.69) is 24.1 Å². The van der Waals surface area contributed by atoms with Crippen LogP contribution in [0.15, 0.2) is 0 Å². The Morgan fingerprint density at radius 2 is 2.18 bits per heavy atom. The lowest BCUT2D eigenvalue weighted by atomic mass is 10.1. The van der Waals surface area contributed by atoms with Crippen LogP contribution in [0.25, 0.3) is 0 Å². The molecule has 1 heterocycles. The van der Waals surface area contributed by atoms with E-state index in [4.69, 9.17) is 4.74 Å². The molecule has 1 aliphatic rings. The van der Waals surface area contributed by atoms with Crippen molar-refractivity contribution in [3.05, 3.63) is 0 Å². The van der Waals surface area contributed by atoms with Gasteiger partial charge in [-0.05, 0) is 38.4 Å². The lowest BCUT2D eigenvalue weighted by Gasteiger charge is -2.22. The summed E-state index contributed by atoms with van der Waals surface area (Å²) >= 11 is 0. The van der Waals surface area contributed by atoms with Crippen molar-refractivity contribution in [3.63, 3.8) is 0 Å². The van der Waals surface area contributed by atoms with Crippen molar-refractivity contribution in [2.45, 2.75) is 32.8 Å². The number of hydrogen-bond donors (Lipinski definition) is 2. The first kappa shape index (κ1) is 14.9. The van der Waals surface area contributed by atoms with Crippen LogP contribution in [0.4, 0.5) is 0 Å². The normalized spacial score (nSPS) is 22.2. The Morgan fingerprint density at radius 3 is 2.76 bits per heavy atom. The standard InChI is InChI=1S/C13H28N2O2/c1-3-15(4-2)10-13(16)9-14-7-5-12-6-8-17-11-12/h12-14,16H,3-11H2,1-2H3. The first-order chi connectivity index (χ1) is 8.26. The summed E-state index contributed by atoms with van der Waals surface area (Å²) in [6.07, 6.45) is 2.11. The minimum Gasteiger partial charge on any atom is -0.390 e. The maximum atomic E-state index is 9.84. The fraction of sp³-hybridized carbons (Fsp3) is 1.00. The third kappa shape index (κ3) is 6.36. The van der Waals surface area contributed by atoms with Crippen LogP contribution in [0.5, 0.6) is 0 Å². The predicted molar refractivity (Wildman–Crippen MR) is 70.2 cm³/mol. The molecule has 0 aromatic carbocycles. The van der Waals surface area contributed by atoms with Crippen LogP contribution in [-0.2, 0) is 4.74 Å². The van der Waals surface area contributed by atoms with E-state index in [1.54, 1.807) is 0 Å². The third-order valence-electron chi connectivity index (χ3n) is 3.50. The summed E-state index contributed by atoms with van der Waals surface area (Å²) in [7, 11) is 0. The highest BCUT2D eigenvalue weighted by Gasteiger charge is 2.15. The van der Waals surface area contributed by atoms with Crippen LogP contribution in [0, 0.1) is 5.92 Å². The molecular weight excluding hydrogens is 216 g/mol. The lowest BCUT2D eigenvalue weighted by Crippen LogP contribution is -2.38. The van der Waals surface area contributed by atoms with E-state index in [1.165, 1.54) is 6.42 Å². The molecule has 1 fully saturated rings. The second kappa shape index (κ2) is 8.86. The molecule has 4 heteroatoms. The first-order valence-corrected chi connectivity index (χ1v) is 6.95. The lowest BCUT2D eigenvalue weighted by molar-refractivity contribution is 0.116. The van der Waals surface area contributed by atoms with E-state index >= 15 is 0 Å². The van der Waals surface area contributed by atoms with Gasteiger partial charge in [-0.25, -0.2) is 0 Å². The van der Waals surface area contributed by atoms with Gasteiger partial charge in [0.2, 0.25) is 0 Å². The molecule has 0 radical (unpaired) electrons. The fourth-order valence-corrected chi connectivity index (χ4v) is 2.23. The zero-order valence-corrected chi connectivity index (χ0v) is 11.3. The molecule has 0 spiro atoms. The van der Waals surface area contributed by atoms with Gasteiger partial charge in [-0.1, -0.05) is 13.8 Å². The van der Waals surface area contributed by atoms with Gasteiger partial charge in [-0.15, -0.1) is 0 Å². The van der Waals surface area contributed by atoms with Gasteiger partial charge >= 0.3 is 0 Å². The minimum atomic E-state index is -0.255. The molecule has 0 amide bonds. The van der Waals surface area contributed by atoms with Gasteiger partial charge in [-0.3, -0.25) is 0 Å². The smallest absolute Gasteiger partial charge is 0.0791 e. The number of nitrogens with one attached hydrogen (secondary N) is 1. The van der Waals surface area contributed by atoms with Crippen LogP contribution in [0.2, 0.25) is 0 Å². The third-order valence-corrected chi connectivity index (χ3v) is 3.50. The molecular formula is C13H28N2O2. The monoisotopic (exact) mass is 244 g/mol. The highest BCUT2D eigenvalue weighted by molar-refractivity contribution is 4.68. The van der Waals surface area contributed by atoms with Gasteiger partial charge in [0.05, 0.1) is 6.10 Å². The van der Waals surface area contributed by atoms with Crippen LogP contribution in [0.1, 0.15) is 26.7 Å². The van der Waals surface area contributed by atoms with E-state index in [0.717, 1.165) is 51.7 Å². The number of rotatable bonds is 9. The summed E-state index contributed by atoms with van der Waals surface area (Å²) in [5.74, 6) is 0.724. The molecule has 1 saturated heterocycles. The Morgan fingerprint density at radius 1 is 1.41 bits per heavy atom. The summed E-state index contributed by atoms with van der Waals surface area (Å²) in [5, 5.41) is 13.2. The fourth-order valence-electron chi connectivity index (χ4n) is 2.23. The van der Waals surface area contributed by atoms with Crippen LogP contribution >= 0.6 is 0 Å². The summed E-state index contributed by atoms with van der Waals surface area (Å²) in [6.45, 7) is 10.6. The minimum absolute atomic E-state index is 0.255. The Kier molecular flexibility index (Phi) is 7.77. The van der Waals surface area contributed by atoms with Crippen molar-refractivity contribution >= 4 is 0 Å². The highest BCUT2D eigenvalue weighted by Crippen LogP contribution is 2.14. The number of aliphatic hydroxyl groups is 1. The molecule has 0 aromatic rings. The average molecular weight is 244 g/mol. The molecule has 0 aromatic heterocycles. The summed E-state index contributed by atoms with van der Waals surface area (Å²) in [5.41, 5.74) is 0. The van der Waals surface area contributed by atoms with Gasteiger partial charge in [0.25, 0.3) is 0 Å². The van der Waals surface area contributed by atoms with E-state index in [0.29, 0.717) is 6.54 Å². The van der Waals surface area contributed by atoms with Crippen molar-refractivity contribution in [1.29, 1.82) is 0 Å². The van der Waals surface area contributed by atoms with Crippen LogP contribution < -0.4 is 5.32 Å². The number of nitrogens with zero attached hydrogens (tertiary/aromatic N) is 1. The van der Waals surface area contributed by atoms with E-state index in [-0.39, 0.29) is 6.10 Å². The first-order valence-electron chi connectivity index (χ1n) is 6.95. The largest absolute Gasteiger partial charge is 0.390 e. The second-order valence-electron chi connectivity index (χ2n) is 4.86. The molecule has 0 bridgehead atoms. The Balaban J connectivity index is 1.97. The predicted octanol–water partition coefficient (Wildman–Crippen LogP) is 0.705. The Labute approximate surface area is 105 Å². The van der Waals surface area contributed by atoms with Crippen molar-refractivity contribution < 1.29 is 9.84 Å². The quantitative estimate of drug-likeness (QED) is 0.586. The number of aliphatic hydroxyl groups excluding tert-OH is 1. The van der Waals surface area contributed by atoms with Gasteiger partial charge in [0.15, 0.2) is 0 Å². The molecule has 2 atom stereocenters. The maximum Gasteiger partial charge on any atom is 0.0791 e. The zero-order chi connectivity index (χ0) is 12.5. The number of ether oxygens (including phenoxy) is 1. The molecule has 2 unspecified atom stereocenters. The molecule has 17 heavy (non-hydrogen) atoms. The molecule has 4 nitrogen and oxygen atoms in total. The molecule has 1 rings (SSSR count). The van der Waals surface area contributed by atoms with Gasteiger partial charge in [0, 0.05) is 26.3 Å². The highest BCUT2D eigenvalue weighted by atomic mass is 16.5. The topological polar surface area (TPSA) is 44.7 Å². The van der Waals surface area contributed by atoms with Gasteiger partial charge in [0.1, 0.15) is 0 Å².